The van der Waals surface area contributed by atoms with Crippen molar-refractivity contribution in [2.45, 2.75) is 6.92 Å². The smallest absolute Gasteiger partial charge is 0.331 e. The summed E-state index contributed by atoms with van der Waals surface area (Å²) in [4.78, 5) is 23.4. The number of ether oxygens (including phenoxy) is 1. The Bertz CT molecular complexity index is 741. The Balaban J connectivity index is 1.82. The molecule has 0 saturated carbocycles. The number of rotatable bonds is 5. The molecule has 0 fully saturated rings. The fourth-order valence-electron chi connectivity index (χ4n) is 1.86. The lowest BCUT2D eigenvalue weighted by atomic mass is 10.2. The molecule has 0 radical (unpaired) electrons. The van der Waals surface area contributed by atoms with E-state index >= 15 is 0 Å². The van der Waals surface area contributed by atoms with Gasteiger partial charge < -0.3 is 10.1 Å². The van der Waals surface area contributed by atoms with E-state index in [0.717, 1.165) is 15.6 Å². The SMILES string of the molecule is Cc1ccccc1NC(=O)COC(=O)/C=C/c1cccc(Br)c1. The van der Waals surface area contributed by atoms with Gasteiger partial charge in [0, 0.05) is 16.2 Å². The highest BCUT2D eigenvalue weighted by molar-refractivity contribution is 9.10. The number of halogens is 1. The van der Waals surface area contributed by atoms with Crippen molar-refractivity contribution >= 4 is 39.6 Å². The van der Waals surface area contributed by atoms with Gasteiger partial charge in [0.05, 0.1) is 0 Å². The third-order valence-corrected chi connectivity index (χ3v) is 3.52. The van der Waals surface area contributed by atoms with Gasteiger partial charge >= 0.3 is 5.97 Å². The van der Waals surface area contributed by atoms with Crippen molar-refractivity contribution in [1.82, 2.24) is 0 Å². The second-order valence-electron chi connectivity index (χ2n) is 4.86. The number of benzene rings is 2. The van der Waals surface area contributed by atoms with Crippen LogP contribution in [0, 0.1) is 6.92 Å². The first kappa shape index (κ1) is 17.0. The van der Waals surface area contributed by atoms with E-state index < -0.39 is 5.97 Å². The molecule has 1 N–H and O–H groups in total. The highest BCUT2D eigenvalue weighted by atomic mass is 79.9. The molecule has 0 atom stereocenters. The second-order valence-corrected chi connectivity index (χ2v) is 5.77. The largest absolute Gasteiger partial charge is 0.452 e. The second kappa shape index (κ2) is 8.29. The Hall–Kier alpha value is -2.40. The summed E-state index contributed by atoms with van der Waals surface area (Å²) in [6.45, 7) is 1.57. The molecule has 0 bridgehead atoms. The summed E-state index contributed by atoms with van der Waals surface area (Å²) in [6.07, 6.45) is 2.93. The maximum atomic E-state index is 11.8. The van der Waals surface area contributed by atoms with Crippen LogP contribution >= 0.6 is 15.9 Å². The van der Waals surface area contributed by atoms with Crippen LogP contribution in [0.25, 0.3) is 6.08 Å². The summed E-state index contributed by atoms with van der Waals surface area (Å²) in [6, 6.07) is 14.9. The number of amides is 1. The van der Waals surface area contributed by atoms with E-state index in [9.17, 15) is 9.59 Å². The van der Waals surface area contributed by atoms with Crippen molar-refractivity contribution in [3.63, 3.8) is 0 Å². The van der Waals surface area contributed by atoms with Gasteiger partial charge in [-0.25, -0.2) is 4.79 Å². The summed E-state index contributed by atoms with van der Waals surface area (Å²) in [7, 11) is 0. The van der Waals surface area contributed by atoms with Crippen LogP contribution in [-0.4, -0.2) is 18.5 Å². The van der Waals surface area contributed by atoms with Crippen LogP contribution < -0.4 is 5.32 Å². The molecule has 23 heavy (non-hydrogen) atoms. The fourth-order valence-corrected chi connectivity index (χ4v) is 2.28. The standard InChI is InChI=1S/C18H16BrNO3/c1-13-5-2-3-8-16(13)20-17(21)12-23-18(22)10-9-14-6-4-7-15(19)11-14/h2-11H,12H2,1H3,(H,20,21)/b10-9+. The first-order valence-electron chi connectivity index (χ1n) is 7.00. The summed E-state index contributed by atoms with van der Waals surface area (Å²) >= 11 is 3.35. The van der Waals surface area contributed by atoms with Gasteiger partial charge in [-0.1, -0.05) is 46.3 Å². The molecule has 0 aliphatic rings. The molecule has 5 heteroatoms. The molecule has 0 unspecified atom stereocenters. The first-order chi connectivity index (χ1) is 11.0. The quantitative estimate of drug-likeness (QED) is 0.637. The number of hydrogen-bond acceptors (Lipinski definition) is 3. The fraction of sp³-hybridized carbons (Fsp3) is 0.111. The number of esters is 1. The Kier molecular flexibility index (Phi) is 6.11. The van der Waals surface area contributed by atoms with Gasteiger partial charge in [0.2, 0.25) is 0 Å². The zero-order valence-electron chi connectivity index (χ0n) is 12.6. The van der Waals surface area contributed by atoms with Crippen LogP contribution in [0.5, 0.6) is 0 Å². The van der Waals surface area contributed by atoms with Crippen LogP contribution in [0.2, 0.25) is 0 Å². The number of aryl methyl sites for hydroxylation is 1. The van der Waals surface area contributed by atoms with Crippen molar-refractivity contribution in [2.24, 2.45) is 0 Å². The Morgan fingerprint density at radius 2 is 1.96 bits per heavy atom. The van der Waals surface area contributed by atoms with Gasteiger partial charge in [-0.3, -0.25) is 4.79 Å². The average molecular weight is 374 g/mol. The third-order valence-electron chi connectivity index (χ3n) is 3.03. The predicted molar refractivity (Wildman–Crippen MR) is 93.9 cm³/mol. The number of carbonyl (C=O) groups is 2. The van der Waals surface area contributed by atoms with E-state index in [1.165, 1.54) is 6.08 Å². The molecule has 118 valence electrons. The number of nitrogens with one attached hydrogen (secondary N) is 1. The third kappa shape index (κ3) is 5.71. The molecule has 0 aliphatic carbocycles. The molecule has 2 aromatic carbocycles. The van der Waals surface area contributed by atoms with E-state index in [1.807, 2.05) is 49.4 Å². The van der Waals surface area contributed by atoms with Crippen molar-refractivity contribution in [1.29, 1.82) is 0 Å². The molecular weight excluding hydrogens is 358 g/mol. The van der Waals surface area contributed by atoms with Gasteiger partial charge in [0.1, 0.15) is 0 Å². The zero-order valence-corrected chi connectivity index (χ0v) is 14.2. The minimum absolute atomic E-state index is 0.323. The van der Waals surface area contributed by atoms with Crippen LogP contribution in [0.4, 0.5) is 5.69 Å². The maximum absolute atomic E-state index is 11.8. The van der Waals surface area contributed by atoms with Crippen LogP contribution in [-0.2, 0) is 14.3 Å². The average Bonchev–Trinajstić information content (AvgIpc) is 2.53. The maximum Gasteiger partial charge on any atom is 0.331 e. The van der Waals surface area contributed by atoms with Crippen LogP contribution in [0.15, 0.2) is 59.1 Å². The highest BCUT2D eigenvalue weighted by Crippen LogP contribution is 2.13. The minimum atomic E-state index is -0.565. The molecule has 0 saturated heterocycles. The van der Waals surface area contributed by atoms with E-state index in [0.29, 0.717) is 5.69 Å². The lowest BCUT2D eigenvalue weighted by molar-refractivity contribution is -0.142. The number of carbonyl (C=O) groups excluding carboxylic acids is 2. The first-order valence-corrected chi connectivity index (χ1v) is 7.80. The monoisotopic (exact) mass is 373 g/mol. The normalized spacial score (nSPS) is 10.5. The molecule has 2 rings (SSSR count). The van der Waals surface area contributed by atoms with Gasteiger partial charge in [-0.2, -0.15) is 0 Å². The van der Waals surface area contributed by atoms with Gasteiger partial charge in [0.15, 0.2) is 6.61 Å². The summed E-state index contributed by atoms with van der Waals surface area (Å²) in [5.74, 6) is -0.937. The van der Waals surface area contributed by atoms with E-state index in [2.05, 4.69) is 21.2 Å². The van der Waals surface area contributed by atoms with Gasteiger partial charge in [-0.05, 0) is 42.3 Å². The van der Waals surface area contributed by atoms with Crippen molar-refractivity contribution in [3.05, 3.63) is 70.2 Å². The predicted octanol–water partition coefficient (Wildman–Crippen LogP) is 3.95. The minimum Gasteiger partial charge on any atom is -0.452 e. The lowest BCUT2D eigenvalue weighted by Crippen LogP contribution is -2.20. The Morgan fingerprint density at radius 3 is 2.70 bits per heavy atom. The van der Waals surface area contributed by atoms with Gasteiger partial charge in [0.25, 0.3) is 5.91 Å². The van der Waals surface area contributed by atoms with Crippen molar-refractivity contribution < 1.29 is 14.3 Å². The molecule has 2 aromatic rings. The van der Waals surface area contributed by atoms with Crippen LogP contribution in [0.3, 0.4) is 0 Å². The summed E-state index contributed by atoms with van der Waals surface area (Å²) in [5, 5.41) is 2.70. The Morgan fingerprint density at radius 1 is 1.17 bits per heavy atom. The van der Waals surface area contributed by atoms with E-state index in [4.69, 9.17) is 4.74 Å². The van der Waals surface area contributed by atoms with Gasteiger partial charge in [-0.15, -0.1) is 0 Å². The summed E-state index contributed by atoms with van der Waals surface area (Å²) in [5.41, 5.74) is 2.51. The van der Waals surface area contributed by atoms with E-state index in [1.54, 1.807) is 12.1 Å². The molecule has 4 nitrogen and oxygen atoms in total. The Labute approximate surface area is 143 Å². The zero-order chi connectivity index (χ0) is 16.7. The molecule has 0 spiro atoms. The molecular formula is C18H16BrNO3. The van der Waals surface area contributed by atoms with Crippen molar-refractivity contribution in [2.75, 3.05) is 11.9 Å². The molecule has 0 heterocycles. The topological polar surface area (TPSA) is 55.4 Å². The number of para-hydroxylation sites is 1. The molecule has 0 aliphatic heterocycles. The number of anilines is 1. The number of hydrogen-bond donors (Lipinski definition) is 1. The van der Waals surface area contributed by atoms with E-state index in [-0.39, 0.29) is 12.5 Å². The molecule has 1 amide bonds. The lowest BCUT2D eigenvalue weighted by Gasteiger charge is -2.07. The highest BCUT2D eigenvalue weighted by Gasteiger charge is 2.06. The summed E-state index contributed by atoms with van der Waals surface area (Å²) < 4.78 is 5.84. The van der Waals surface area contributed by atoms with Crippen molar-refractivity contribution in [3.8, 4) is 0 Å². The van der Waals surface area contributed by atoms with Crippen LogP contribution in [0.1, 0.15) is 11.1 Å². The molecule has 0 aromatic heterocycles.